The van der Waals surface area contributed by atoms with Crippen molar-refractivity contribution in [3.8, 4) is 11.3 Å². The van der Waals surface area contributed by atoms with Gasteiger partial charge in [0.1, 0.15) is 6.33 Å². The summed E-state index contributed by atoms with van der Waals surface area (Å²) in [6.45, 7) is 0. The normalized spacial score (nSPS) is 12.8. The zero-order valence-corrected chi connectivity index (χ0v) is 8.22. The maximum Gasteiger partial charge on any atom is 0.116 e. The predicted molar refractivity (Wildman–Crippen MR) is 60.2 cm³/mol. The van der Waals surface area contributed by atoms with Crippen LogP contribution in [0.2, 0.25) is 0 Å². The summed E-state index contributed by atoms with van der Waals surface area (Å²) in [7, 11) is 0. The van der Waals surface area contributed by atoms with Gasteiger partial charge in [0.2, 0.25) is 0 Å². The quantitative estimate of drug-likeness (QED) is 0.644. The van der Waals surface area contributed by atoms with E-state index in [4.69, 9.17) is 0 Å². The van der Waals surface area contributed by atoms with Crippen LogP contribution in [-0.4, -0.2) is 9.97 Å². The summed E-state index contributed by atoms with van der Waals surface area (Å²) in [6, 6.07) is 8.32. The first-order valence-corrected chi connectivity index (χ1v) is 5.00. The van der Waals surface area contributed by atoms with Gasteiger partial charge in [0.05, 0.1) is 5.69 Å². The highest BCUT2D eigenvalue weighted by molar-refractivity contribution is 5.76. The predicted octanol–water partition coefficient (Wildman–Crippen LogP) is 2.71. The Morgan fingerprint density at radius 2 is 2.07 bits per heavy atom. The van der Waals surface area contributed by atoms with Crippen LogP contribution in [0.4, 0.5) is 0 Å². The fourth-order valence-corrected chi connectivity index (χ4v) is 1.92. The lowest BCUT2D eigenvalue weighted by molar-refractivity contribution is 1.10. The van der Waals surface area contributed by atoms with Crippen molar-refractivity contribution in [2.45, 2.75) is 6.42 Å². The van der Waals surface area contributed by atoms with Crippen molar-refractivity contribution in [1.29, 1.82) is 0 Å². The van der Waals surface area contributed by atoms with Gasteiger partial charge in [-0.15, -0.1) is 0 Å². The standard InChI is InChI=1S/C13H10N2/c1-2-7-12-10(4-1)5-3-6-11-8-14-9-15-13(11)12/h1-5,7-9H,6H2. The molecule has 0 bridgehead atoms. The molecule has 0 fully saturated rings. The molecule has 1 aliphatic carbocycles. The highest BCUT2D eigenvalue weighted by atomic mass is 14.8. The number of aromatic nitrogens is 2. The van der Waals surface area contributed by atoms with E-state index >= 15 is 0 Å². The van der Waals surface area contributed by atoms with Gasteiger partial charge in [-0.1, -0.05) is 36.4 Å². The molecule has 1 aromatic heterocycles. The van der Waals surface area contributed by atoms with Crippen LogP contribution in [0.15, 0.2) is 42.9 Å². The summed E-state index contributed by atoms with van der Waals surface area (Å²) in [4.78, 5) is 8.44. The highest BCUT2D eigenvalue weighted by Crippen LogP contribution is 2.28. The molecule has 0 aliphatic heterocycles. The van der Waals surface area contributed by atoms with Crippen LogP contribution < -0.4 is 0 Å². The number of hydrogen-bond donors (Lipinski definition) is 0. The van der Waals surface area contributed by atoms with Crippen molar-refractivity contribution in [2.24, 2.45) is 0 Å². The Balaban J connectivity index is 2.33. The average Bonchev–Trinajstić information content (AvgIpc) is 2.48. The van der Waals surface area contributed by atoms with E-state index in [-0.39, 0.29) is 0 Å². The molecule has 0 amide bonds. The van der Waals surface area contributed by atoms with Gasteiger partial charge in [-0.25, -0.2) is 9.97 Å². The Hall–Kier alpha value is -1.96. The maximum absolute atomic E-state index is 4.37. The molecule has 0 radical (unpaired) electrons. The van der Waals surface area contributed by atoms with Crippen molar-refractivity contribution >= 4 is 6.08 Å². The van der Waals surface area contributed by atoms with E-state index in [1.807, 2.05) is 12.3 Å². The van der Waals surface area contributed by atoms with E-state index in [0.717, 1.165) is 12.1 Å². The molecule has 1 heterocycles. The van der Waals surface area contributed by atoms with Gasteiger partial charge in [0.15, 0.2) is 0 Å². The van der Waals surface area contributed by atoms with E-state index in [9.17, 15) is 0 Å². The monoisotopic (exact) mass is 194 g/mol. The summed E-state index contributed by atoms with van der Waals surface area (Å²) < 4.78 is 0. The second-order valence-electron chi connectivity index (χ2n) is 3.59. The third-order valence-corrected chi connectivity index (χ3v) is 2.64. The van der Waals surface area contributed by atoms with Crippen LogP contribution in [0.25, 0.3) is 17.3 Å². The molecule has 72 valence electrons. The van der Waals surface area contributed by atoms with E-state index in [1.54, 1.807) is 6.33 Å². The van der Waals surface area contributed by atoms with Crippen molar-refractivity contribution in [3.05, 3.63) is 54.0 Å². The van der Waals surface area contributed by atoms with Crippen molar-refractivity contribution in [3.63, 3.8) is 0 Å². The smallest absolute Gasteiger partial charge is 0.116 e. The van der Waals surface area contributed by atoms with E-state index in [1.165, 1.54) is 16.7 Å². The van der Waals surface area contributed by atoms with E-state index < -0.39 is 0 Å². The lowest BCUT2D eigenvalue weighted by atomic mass is 10.0. The van der Waals surface area contributed by atoms with Gasteiger partial charge < -0.3 is 0 Å². The van der Waals surface area contributed by atoms with Crippen molar-refractivity contribution in [2.75, 3.05) is 0 Å². The zero-order valence-electron chi connectivity index (χ0n) is 8.22. The molecule has 0 saturated heterocycles. The molecule has 15 heavy (non-hydrogen) atoms. The molecule has 2 heteroatoms. The minimum Gasteiger partial charge on any atom is -0.244 e. The Morgan fingerprint density at radius 1 is 1.13 bits per heavy atom. The molecular formula is C13H10N2. The summed E-state index contributed by atoms with van der Waals surface area (Å²) in [5.41, 5.74) is 4.68. The fraction of sp³-hybridized carbons (Fsp3) is 0.0769. The van der Waals surface area contributed by atoms with Gasteiger partial charge in [-0.3, -0.25) is 0 Å². The molecule has 0 N–H and O–H groups in total. The largest absolute Gasteiger partial charge is 0.244 e. The zero-order chi connectivity index (χ0) is 10.1. The first kappa shape index (κ1) is 8.36. The van der Waals surface area contributed by atoms with Crippen LogP contribution in [0.5, 0.6) is 0 Å². The highest BCUT2D eigenvalue weighted by Gasteiger charge is 2.11. The summed E-state index contributed by atoms with van der Waals surface area (Å²) >= 11 is 0. The second kappa shape index (κ2) is 3.31. The Labute approximate surface area is 88.3 Å². The first-order chi connectivity index (χ1) is 7.45. The molecule has 2 nitrogen and oxygen atoms in total. The number of allylic oxidation sites excluding steroid dienone is 1. The first-order valence-electron chi connectivity index (χ1n) is 5.00. The van der Waals surface area contributed by atoms with Crippen LogP contribution >= 0.6 is 0 Å². The minimum atomic E-state index is 0.908. The SMILES string of the molecule is C1=Cc2ccccc2-c2ncncc2C1. The van der Waals surface area contributed by atoms with Gasteiger partial charge >= 0.3 is 0 Å². The lowest BCUT2D eigenvalue weighted by Crippen LogP contribution is -1.92. The van der Waals surface area contributed by atoms with Crippen LogP contribution in [0.3, 0.4) is 0 Å². The Morgan fingerprint density at radius 3 is 3.07 bits per heavy atom. The van der Waals surface area contributed by atoms with E-state index in [0.29, 0.717) is 0 Å². The van der Waals surface area contributed by atoms with Crippen molar-refractivity contribution in [1.82, 2.24) is 9.97 Å². The van der Waals surface area contributed by atoms with E-state index in [2.05, 4.69) is 40.3 Å². The molecule has 1 aromatic carbocycles. The number of nitrogens with zero attached hydrogens (tertiary/aromatic N) is 2. The lowest BCUT2D eigenvalue weighted by Gasteiger charge is -2.05. The number of fused-ring (bicyclic) bond motifs is 3. The number of rotatable bonds is 0. The molecule has 0 spiro atoms. The maximum atomic E-state index is 4.37. The Bertz CT molecular complexity index is 530. The number of benzene rings is 1. The number of hydrogen-bond acceptors (Lipinski definition) is 2. The topological polar surface area (TPSA) is 25.8 Å². The van der Waals surface area contributed by atoms with Gasteiger partial charge in [-0.05, 0) is 12.0 Å². The summed E-state index contributed by atoms with van der Waals surface area (Å²) in [5, 5.41) is 0. The molecule has 2 aromatic rings. The third-order valence-electron chi connectivity index (χ3n) is 2.64. The van der Waals surface area contributed by atoms with Crippen LogP contribution in [0.1, 0.15) is 11.1 Å². The molecule has 3 rings (SSSR count). The van der Waals surface area contributed by atoms with Crippen molar-refractivity contribution < 1.29 is 0 Å². The molecule has 1 aliphatic rings. The van der Waals surface area contributed by atoms with Crippen LogP contribution in [-0.2, 0) is 6.42 Å². The minimum absolute atomic E-state index is 0.908. The van der Waals surface area contributed by atoms with Crippen LogP contribution in [0, 0.1) is 0 Å². The van der Waals surface area contributed by atoms with Gasteiger partial charge in [-0.2, -0.15) is 0 Å². The van der Waals surface area contributed by atoms with Gasteiger partial charge in [0.25, 0.3) is 0 Å². The average molecular weight is 194 g/mol. The third kappa shape index (κ3) is 1.34. The Kier molecular flexibility index (Phi) is 1.85. The molecule has 0 atom stereocenters. The summed E-state index contributed by atoms with van der Waals surface area (Å²) in [5.74, 6) is 0. The molecular weight excluding hydrogens is 184 g/mol. The summed E-state index contributed by atoms with van der Waals surface area (Å²) in [6.07, 6.45) is 8.73. The second-order valence-corrected chi connectivity index (χ2v) is 3.59. The fourth-order valence-electron chi connectivity index (χ4n) is 1.92. The molecule has 0 saturated carbocycles. The van der Waals surface area contributed by atoms with Gasteiger partial charge in [0, 0.05) is 17.3 Å². The molecule has 0 unspecified atom stereocenters.